The van der Waals surface area contributed by atoms with Gasteiger partial charge in [-0.25, -0.2) is 0 Å². The van der Waals surface area contributed by atoms with Gasteiger partial charge in [0.25, 0.3) is 5.91 Å². The summed E-state index contributed by atoms with van der Waals surface area (Å²) in [5.41, 5.74) is 1.94. The van der Waals surface area contributed by atoms with Crippen LogP contribution in [-0.4, -0.2) is 78.5 Å². The first-order chi connectivity index (χ1) is 18.7. The van der Waals surface area contributed by atoms with Gasteiger partial charge in [0.2, 0.25) is 23.6 Å². The molecule has 2 aliphatic rings. The Balaban J connectivity index is 1.40. The molecule has 0 saturated carbocycles. The van der Waals surface area contributed by atoms with Gasteiger partial charge in [0.1, 0.15) is 24.5 Å². The number of hydrogen-bond donors (Lipinski definition) is 5. The molecule has 0 aromatic heterocycles. The molecule has 4 rings (SSSR count). The molecule has 5 amide bonds. The minimum absolute atomic E-state index is 0.0619. The first-order valence-corrected chi connectivity index (χ1v) is 12.6. The average Bonchev–Trinajstić information content (AvgIpc) is 2.92. The van der Waals surface area contributed by atoms with Crippen LogP contribution in [0.2, 0.25) is 0 Å². The molecule has 2 aliphatic heterocycles. The summed E-state index contributed by atoms with van der Waals surface area (Å²) < 4.78 is 0. The van der Waals surface area contributed by atoms with Crippen LogP contribution in [0.1, 0.15) is 24.5 Å². The Morgan fingerprint density at radius 3 is 2.54 bits per heavy atom. The lowest BCUT2D eigenvalue weighted by atomic mass is 10.1. The number of amides is 5. The van der Waals surface area contributed by atoms with E-state index in [-0.39, 0.29) is 43.8 Å². The maximum Gasteiger partial charge on any atom is 0.253 e. The van der Waals surface area contributed by atoms with Gasteiger partial charge < -0.3 is 26.6 Å². The smallest absolute Gasteiger partial charge is 0.253 e. The standard InChI is InChI=1S/C27H31N7O5/c1-16(28-2)25(37)33-21-14-30-24(18-8-4-3-5-9-18)34(27(21)39)15-23(36)29-13-17-7-6-10-19(11-17)31-26(38)20-12-22(35)32-20/h3-11,16,20-21,28H,12-15H2,1-2H3,(H,29,36)(H,31,38)(H,32,35)(H,33,37)/t16-,20?,21?/m0/s1. The quantitative estimate of drug-likeness (QED) is 0.259. The Morgan fingerprint density at radius 1 is 1.10 bits per heavy atom. The highest BCUT2D eigenvalue weighted by atomic mass is 16.2. The number of nitrogens with one attached hydrogen (secondary N) is 5. The number of anilines is 1. The van der Waals surface area contributed by atoms with Gasteiger partial charge in [0.05, 0.1) is 19.0 Å². The SMILES string of the molecule is CN[C@@H](C)C(=O)NC1CN=C(c2ccccc2)N(CC(=O)NCc2cccc(NC(=O)C3CC(=O)N3)c2)C1=O. The van der Waals surface area contributed by atoms with Crippen LogP contribution in [0.4, 0.5) is 5.69 Å². The van der Waals surface area contributed by atoms with Gasteiger partial charge in [0, 0.05) is 17.8 Å². The van der Waals surface area contributed by atoms with E-state index in [1.54, 1.807) is 50.4 Å². The largest absolute Gasteiger partial charge is 0.350 e. The highest BCUT2D eigenvalue weighted by molar-refractivity contribution is 6.13. The van der Waals surface area contributed by atoms with Gasteiger partial charge in [-0.15, -0.1) is 0 Å². The van der Waals surface area contributed by atoms with Crippen molar-refractivity contribution in [3.63, 3.8) is 0 Å². The minimum atomic E-state index is -0.894. The number of carbonyl (C=O) groups is 5. The van der Waals surface area contributed by atoms with Crippen molar-refractivity contribution in [3.05, 3.63) is 65.7 Å². The van der Waals surface area contributed by atoms with Crippen molar-refractivity contribution >= 4 is 41.1 Å². The van der Waals surface area contributed by atoms with Crippen LogP contribution >= 0.6 is 0 Å². The average molecular weight is 534 g/mol. The van der Waals surface area contributed by atoms with E-state index >= 15 is 0 Å². The maximum absolute atomic E-state index is 13.4. The number of rotatable bonds is 10. The lowest BCUT2D eigenvalue weighted by Gasteiger charge is -2.32. The van der Waals surface area contributed by atoms with E-state index in [1.807, 2.05) is 18.2 Å². The molecular formula is C27H31N7O5. The molecule has 1 fully saturated rings. The van der Waals surface area contributed by atoms with Gasteiger partial charge in [0.15, 0.2) is 0 Å². The number of benzene rings is 2. The molecule has 204 valence electrons. The van der Waals surface area contributed by atoms with Crippen LogP contribution < -0.4 is 26.6 Å². The molecule has 0 radical (unpaired) electrons. The number of β-lactam (4-membered cyclic amide) rings is 1. The molecule has 39 heavy (non-hydrogen) atoms. The Hall–Kier alpha value is -4.58. The summed E-state index contributed by atoms with van der Waals surface area (Å²) in [6.45, 7) is 1.60. The van der Waals surface area contributed by atoms with Gasteiger partial charge in [-0.2, -0.15) is 0 Å². The fourth-order valence-electron chi connectivity index (χ4n) is 4.06. The highest BCUT2D eigenvalue weighted by Gasteiger charge is 2.35. The second kappa shape index (κ2) is 12.3. The zero-order chi connectivity index (χ0) is 27.9. The second-order valence-corrected chi connectivity index (χ2v) is 9.32. The fourth-order valence-corrected chi connectivity index (χ4v) is 4.06. The van der Waals surface area contributed by atoms with E-state index < -0.39 is 29.9 Å². The van der Waals surface area contributed by atoms with Crippen molar-refractivity contribution in [1.29, 1.82) is 0 Å². The topological polar surface area (TPSA) is 161 Å². The van der Waals surface area contributed by atoms with Crippen molar-refractivity contribution in [3.8, 4) is 0 Å². The normalized spacial score (nSPS) is 19.2. The number of hydrogen-bond acceptors (Lipinski definition) is 7. The Kier molecular flexibility index (Phi) is 8.67. The van der Waals surface area contributed by atoms with Crippen LogP contribution in [0.3, 0.4) is 0 Å². The number of amidine groups is 1. The molecule has 12 nitrogen and oxygen atoms in total. The third kappa shape index (κ3) is 6.85. The Labute approximate surface area is 225 Å². The zero-order valence-electron chi connectivity index (χ0n) is 21.7. The summed E-state index contributed by atoms with van der Waals surface area (Å²) in [6.07, 6.45) is 0.157. The number of carbonyl (C=O) groups excluding carboxylic acids is 5. The van der Waals surface area contributed by atoms with Crippen molar-refractivity contribution in [2.24, 2.45) is 4.99 Å². The van der Waals surface area contributed by atoms with Crippen molar-refractivity contribution in [1.82, 2.24) is 26.2 Å². The molecule has 2 aromatic rings. The third-order valence-electron chi connectivity index (χ3n) is 6.45. The predicted molar refractivity (Wildman–Crippen MR) is 143 cm³/mol. The Bertz CT molecular complexity index is 1290. The molecule has 5 N–H and O–H groups in total. The van der Waals surface area contributed by atoms with E-state index in [9.17, 15) is 24.0 Å². The fraction of sp³-hybridized carbons (Fsp3) is 0.333. The van der Waals surface area contributed by atoms with Gasteiger partial charge in [-0.3, -0.25) is 33.9 Å². The van der Waals surface area contributed by atoms with Crippen LogP contribution in [0.25, 0.3) is 0 Å². The summed E-state index contributed by atoms with van der Waals surface area (Å²) in [5.74, 6) is -1.31. The van der Waals surface area contributed by atoms with Crippen molar-refractivity contribution < 1.29 is 24.0 Å². The lowest BCUT2D eigenvalue weighted by Crippen LogP contribution is -2.59. The highest BCUT2D eigenvalue weighted by Crippen LogP contribution is 2.15. The maximum atomic E-state index is 13.4. The van der Waals surface area contributed by atoms with Crippen LogP contribution in [0.15, 0.2) is 59.6 Å². The van der Waals surface area contributed by atoms with Crippen LogP contribution in [0, 0.1) is 0 Å². The van der Waals surface area contributed by atoms with Crippen LogP contribution in [0.5, 0.6) is 0 Å². The number of likely N-dealkylation sites (N-methyl/N-ethyl adjacent to an activating group) is 1. The predicted octanol–water partition coefficient (Wildman–Crippen LogP) is -0.488. The first kappa shape index (κ1) is 27.5. The van der Waals surface area contributed by atoms with E-state index in [2.05, 4.69) is 31.6 Å². The van der Waals surface area contributed by atoms with Crippen molar-refractivity contribution in [2.75, 3.05) is 25.5 Å². The van der Waals surface area contributed by atoms with E-state index in [1.165, 1.54) is 4.90 Å². The minimum Gasteiger partial charge on any atom is -0.350 e. The summed E-state index contributed by atoms with van der Waals surface area (Å²) in [4.78, 5) is 67.8. The second-order valence-electron chi connectivity index (χ2n) is 9.32. The Morgan fingerprint density at radius 2 is 1.85 bits per heavy atom. The molecule has 2 heterocycles. The molecule has 2 aromatic carbocycles. The van der Waals surface area contributed by atoms with Crippen molar-refractivity contribution in [2.45, 2.75) is 38.0 Å². The molecule has 2 unspecified atom stereocenters. The number of aliphatic imine (C=N–C) groups is 1. The first-order valence-electron chi connectivity index (χ1n) is 12.6. The monoisotopic (exact) mass is 533 g/mol. The summed E-state index contributed by atoms with van der Waals surface area (Å²) in [6, 6.07) is 14.1. The van der Waals surface area contributed by atoms with Gasteiger partial charge in [-0.05, 0) is 31.7 Å². The lowest BCUT2D eigenvalue weighted by molar-refractivity contribution is -0.136. The molecule has 3 atom stereocenters. The van der Waals surface area contributed by atoms with Gasteiger partial charge in [-0.1, -0.05) is 42.5 Å². The summed E-state index contributed by atoms with van der Waals surface area (Å²) in [7, 11) is 1.65. The zero-order valence-corrected chi connectivity index (χ0v) is 21.7. The summed E-state index contributed by atoms with van der Waals surface area (Å²) >= 11 is 0. The van der Waals surface area contributed by atoms with Gasteiger partial charge >= 0.3 is 0 Å². The van der Waals surface area contributed by atoms with E-state index in [0.717, 1.165) is 5.56 Å². The number of nitrogens with zero attached hydrogens (tertiary/aromatic N) is 2. The molecule has 0 spiro atoms. The molecular weight excluding hydrogens is 502 g/mol. The summed E-state index contributed by atoms with van der Waals surface area (Å²) in [5, 5.41) is 13.6. The van der Waals surface area contributed by atoms with Crippen LogP contribution in [-0.2, 0) is 30.5 Å². The molecule has 0 bridgehead atoms. The third-order valence-corrected chi connectivity index (χ3v) is 6.45. The molecule has 12 heteroatoms. The molecule has 0 aliphatic carbocycles. The van der Waals surface area contributed by atoms with E-state index in [4.69, 9.17) is 0 Å². The molecule has 1 saturated heterocycles. The van der Waals surface area contributed by atoms with E-state index in [0.29, 0.717) is 17.1 Å².